The summed E-state index contributed by atoms with van der Waals surface area (Å²) in [6, 6.07) is 9.09. The van der Waals surface area contributed by atoms with E-state index in [1.807, 2.05) is 18.2 Å². The molecule has 0 spiro atoms. The minimum absolute atomic E-state index is 0.365. The lowest BCUT2D eigenvalue weighted by Crippen LogP contribution is -2.09. The normalized spacial score (nSPS) is 11.8. The molecule has 0 aliphatic heterocycles. The van der Waals surface area contributed by atoms with Crippen LogP contribution in [0.25, 0.3) is 0 Å². The fourth-order valence-electron chi connectivity index (χ4n) is 2.39. The summed E-state index contributed by atoms with van der Waals surface area (Å²) in [4.78, 5) is 12.0. The molecule has 0 unspecified atom stereocenters. The molecular formula is C24H32O2. The highest BCUT2D eigenvalue weighted by molar-refractivity contribution is 5.89. The molecule has 0 bridgehead atoms. The van der Waals surface area contributed by atoms with Crippen LogP contribution in [-0.2, 0) is 4.79 Å². The Morgan fingerprint density at radius 2 is 1.50 bits per heavy atom. The lowest BCUT2D eigenvalue weighted by atomic mass is 10.0. The van der Waals surface area contributed by atoms with Gasteiger partial charge in [0.15, 0.2) is 0 Å². The van der Waals surface area contributed by atoms with Gasteiger partial charge in [-0.05, 0) is 71.9 Å². The Hall–Kier alpha value is -2.35. The van der Waals surface area contributed by atoms with Gasteiger partial charge in [0.25, 0.3) is 0 Å². The number of hydrogen-bond acceptors (Lipinski definition) is 2. The van der Waals surface area contributed by atoms with E-state index < -0.39 is 0 Å². The number of esters is 1. The Morgan fingerprint density at radius 3 is 2.12 bits per heavy atom. The van der Waals surface area contributed by atoms with Gasteiger partial charge in [-0.2, -0.15) is 0 Å². The van der Waals surface area contributed by atoms with E-state index in [0.29, 0.717) is 17.7 Å². The predicted molar refractivity (Wildman–Crippen MR) is 111 cm³/mol. The molecule has 0 radical (unpaired) electrons. The van der Waals surface area contributed by atoms with Gasteiger partial charge in [0.05, 0.1) is 0 Å². The third-order valence-corrected chi connectivity index (χ3v) is 4.06. The molecule has 0 fully saturated rings. The van der Waals surface area contributed by atoms with E-state index in [1.54, 1.807) is 12.1 Å². The van der Waals surface area contributed by atoms with Crippen molar-refractivity contribution in [3.05, 3.63) is 77.4 Å². The SMILES string of the molecule is C=C(CC=C(C)CCC=C(C)CCC=C(C)C)C(=O)Oc1ccccc1. The minimum atomic E-state index is -0.365. The van der Waals surface area contributed by atoms with E-state index in [0.717, 1.165) is 25.7 Å². The summed E-state index contributed by atoms with van der Waals surface area (Å²) in [7, 11) is 0. The van der Waals surface area contributed by atoms with Crippen LogP contribution in [0.1, 0.15) is 59.8 Å². The number of para-hydroxylation sites is 1. The summed E-state index contributed by atoms with van der Waals surface area (Å²) in [5.41, 5.74) is 4.56. The first-order valence-corrected chi connectivity index (χ1v) is 9.28. The second-order valence-corrected chi connectivity index (χ2v) is 6.97. The second-order valence-electron chi connectivity index (χ2n) is 6.97. The highest BCUT2D eigenvalue weighted by atomic mass is 16.5. The van der Waals surface area contributed by atoms with Gasteiger partial charge in [-0.3, -0.25) is 0 Å². The van der Waals surface area contributed by atoms with Gasteiger partial charge >= 0.3 is 5.97 Å². The fourth-order valence-corrected chi connectivity index (χ4v) is 2.39. The average molecular weight is 353 g/mol. The van der Waals surface area contributed by atoms with Gasteiger partial charge in [-0.15, -0.1) is 0 Å². The molecule has 0 N–H and O–H groups in total. The number of allylic oxidation sites excluding steroid dienone is 6. The van der Waals surface area contributed by atoms with Crippen molar-refractivity contribution in [2.45, 2.75) is 59.8 Å². The van der Waals surface area contributed by atoms with Crippen LogP contribution < -0.4 is 4.74 Å². The maximum Gasteiger partial charge on any atom is 0.339 e. The van der Waals surface area contributed by atoms with Crippen molar-refractivity contribution < 1.29 is 9.53 Å². The highest BCUT2D eigenvalue weighted by Gasteiger charge is 2.08. The van der Waals surface area contributed by atoms with Gasteiger partial charge in [-0.25, -0.2) is 4.79 Å². The zero-order valence-corrected chi connectivity index (χ0v) is 16.7. The standard InChI is InChI=1S/C24H32O2/c1-19(2)11-9-12-20(3)13-10-14-21(4)17-18-22(5)24(25)26-23-15-7-6-8-16-23/h6-8,11,13,15-17H,5,9-10,12,14,18H2,1-4H3. The second kappa shape index (κ2) is 12.1. The number of carbonyl (C=O) groups is 1. The van der Waals surface area contributed by atoms with E-state index in [1.165, 1.54) is 16.7 Å². The van der Waals surface area contributed by atoms with Gasteiger partial charge in [0.2, 0.25) is 0 Å². The first-order chi connectivity index (χ1) is 12.4. The molecule has 0 atom stereocenters. The van der Waals surface area contributed by atoms with E-state index in [9.17, 15) is 4.79 Å². The van der Waals surface area contributed by atoms with Crippen LogP contribution in [0.4, 0.5) is 0 Å². The quantitative estimate of drug-likeness (QED) is 0.197. The number of hydrogen-bond donors (Lipinski definition) is 0. The van der Waals surface area contributed by atoms with Crippen LogP contribution >= 0.6 is 0 Å². The maximum absolute atomic E-state index is 12.0. The Labute approximate surface area is 159 Å². The number of ether oxygens (including phenoxy) is 1. The summed E-state index contributed by atoms with van der Waals surface area (Å²) in [5.74, 6) is 0.184. The Bertz CT molecular complexity index is 671. The van der Waals surface area contributed by atoms with Crippen LogP contribution in [0, 0.1) is 0 Å². The minimum Gasteiger partial charge on any atom is -0.423 e. The van der Waals surface area contributed by atoms with Gasteiger partial charge in [0.1, 0.15) is 5.75 Å². The van der Waals surface area contributed by atoms with Crippen LogP contribution in [0.15, 0.2) is 77.4 Å². The molecule has 0 aliphatic carbocycles. The van der Waals surface area contributed by atoms with Crippen molar-refractivity contribution in [1.29, 1.82) is 0 Å². The molecule has 1 aromatic rings. The molecule has 1 rings (SSSR count). The third-order valence-electron chi connectivity index (χ3n) is 4.06. The molecule has 0 aliphatic rings. The third kappa shape index (κ3) is 9.83. The smallest absolute Gasteiger partial charge is 0.339 e. The zero-order valence-electron chi connectivity index (χ0n) is 16.7. The van der Waals surface area contributed by atoms with E-state index in [-0.39, 0.29) is 5.97 Å². The van der Waals surface area contributed by atoms with Crippen molar-refractivity contribution in [2.24, 2.45) is 0 Å². The van der Waals surface area contributed by atoms with Crippen molar-refractivity contribution in [1.82, 2.24) is 0 Å². The average Bonchev–Trinajstić information content (AvgIpc) is 2.60. The van der Waals surface area contributed by atoms with E-state index in [4.69, 9.17) is 4.74 Å². The molecule has 1 aromatic carbocycles. The predicted octanol–water partition coefficient (Wildman–Crippen LogP) is 6.96. The highest BCUT2D eigenvalue weighted by Crippen LogP contribution is 2.15. The lowest BCUT2D eigenvalue weighted by molar-refractivity contribution is -0.130. The molecule has 0 heterocycles. The van der Waals surface area contributed by atoms with Gasteiger partial charge in [0, 0.05) is 5.57 Å². The Morgan fingerprint density at radius 1 is 0.923 bits per heavy atom. The van der Waals surface area contributed by atoms with E-state index >= 15 is 0 Å². The fraction of sp³-hybridized carbons (Fsp3) is 0.375. The topological polar surface area (TPSA) is 26.3 Å². The molecule has 2 nitrogen and oxygen atoms in total. The van der Waals surface area contributed by atoms with Crippen LogP contribution in [0.3, 0.4) is 0 Å². The molecular weight excluding hydrogens is 320 g/mol. The monoisotopic (exact) mass is 352 g/mol. The summed E-state index contributed by atoms with van der Waals surface area (Å²) < 4.78 is 5.29. The van der Waals surface area contributed by atoms with Crippen molar-refractivity contribution in [3.8, 4) is 5.75 Å². The van der Waals surface area contributed by atoms with Crippen LogP contribution in [-0.4, -0.2) is 5.97 Å². The Balaban J connectivity index is 2.34. The van der Waals surface area contributed by atoms with Crippen molar-refractivity contribution >= 4 is 5.97 Å². The van der Waals surface area contributed by atoms with Crippen molar-refractivity contribution in [2.75, 3.05) is 0 Å². The van der Waals surface area contributed by atoms with E-state index in [2.05, 4.69) is 52.5 Å². The largest absolute Gasteiger partial charge is 0.423 e. The first-order valence-electron chi connectivity index (χ1n) is 9.28. The molecule has 2 heteroatoms. The molecule has 0 aromatic heterocycles. The number of benzene rings is 1. The molecule has 0 amide bonds. The molecule has 26 heavy (non-hydrogen) atoms. The zero-order chi connectivity index (χ0) is 19.4. The van der Waals surface area contributed by atoms with Gasteiger partial charge < -0.3 is 4.74 Å². The lowest BCUT2D eigenvalue weighted by Gasteiger charge is -2.06. The number of carbonyl (C=O) groups excluding carboxylic acids is 1. The van der Waals surface area contributed by atoms with Gasteiger partial charge in [-0.1, -0.05) is 59.7 Å². The Kier molecular flexibility index (Phi) is 10.1. The van der Waals surface area contributed by atoms with Crippen LogP contribution in [0.5, 0.6) is 5.75 Å². The van der Waals surface area contributed by atoms with Crippen molar-refractivity contribution in [3.63, 3.8) is 0 Å². The van der Waals surface area contributed by atoms with Crippen LogP contribution in [0.2, 0.25) is 0 Å². The molecule has 140 valence electrons. The summed E-state index contributed by atoms with van der Waals surface area (Å²) in [5, 5.41) is 0. The first kappa shape index (κ1) is 21.7. The maximum atomic E-state index is 12.0. The summed E-state index contributed by atoms with van der Waals surface area (Å²) in [6.45, 7) is 12.4. The summed E-state index contributed by atoms with van der Waals surface area (Å²) >= 11 is 0. The summed E-state index contributed by atoms with van der Waals surface area (Å²) in [6.07, 6.45) is 11.5. The molecule has 0 saturated heterocycles. The number of rotatable bonds is 10. The molecule has 0 saturated carbocycles.